The third-order valence-electron chi connectivity index (χ3n) is 2.08. The minimum Gasteiger partial charge on any atom is -0.402 e. The Hall–Kier alpha value is -1.24. The van der Waals surface area contributed by atoms with E-state index in [0.717, 1.165) is 18.5 Å². The second kappa shape index (κ2) is 2.42. The summed E-state index contributed by atoms with van der Waals surface area (Å²) >= 11 is 0. The molecule has 0 aromatic heterocycles. The molecule has 0 aliphatic heterocycles. The molecule has 0 heterocycles. The fourth-order valence-electron chi connectivity index (χ4n) is 1.49. The van der Waals surface area contributed by atoms with Crippen molar-refractivity contribution in [3.8, 4) is 0 Å². The third kappa shape index (κ3) is 1.03. The molecule has 1 aliphatic rings. The average Bonchev–Trinajstić information content (AvgIpc) is 2.06. The summed E-state index contributed by atoms with van der Waals surface area (Å²) in [4.78, 5) is 0. The molecule has 1 heteroatoms. The van der Waals surface area contributed by atoms with Crippen LogP contribution in [0.2, 0.25) is 0 Å². The SMILES string of the molecule is NC1=c2ccccc2=CCC1. The Balaban J connectivity index is 2.89. The first-order chi connectivity index (χ1) is 5.38. The van der Waals surface area contributed by atoms with Crippen LogP contribution in [0, 0.1) is 0 Å². The molecule has 56 valence electrons. The molecule has 2 N–H and O–H groups in total. The highest BCUT2D eigenvalue weighted by molar-refractivity contribution is 5.47. The number of rotatable bonds is 0. The van der Waals surface area contributed by atoms with Gasteiger partial charge in [0, 0.05) is 10.9 Å². The summed E-state index contributed by atoms with van der Waals surface area (Å²) in [6.45, 7) is 0. The van der Waals surface area contributed by atoms with Crippen molar-refractivity contribution in [1.82, 2.24) is 0 Å². The molecule has 2 rings (SSSR count). The monoisotopic (exact) mass is 145 g/mol. The summed E-state index contributed by atoms with van der Waals surface area (Å²) < 4.78 is 0. The van der Waals surface area contributed by atoms with Crippen LogP contribution in [0.3, 0.4) is 0 Å². The quantitative estimate of drug-likeness (QED) is 0.559. The number of benzene rings is 1. The highest BCUT2D eigenvalue weighted by atomic mass is 14.6. The fourth-order valence-corrected chi connectivity index (χ4v) is 1.49. The van der Waals surface area contributed by atoms with Gasteiger partial charge in [-0.2, -0.15) is 0 Å². The van der Waals surface area contributed by atoms with Crippen molar-refractivity contribution in [2.75, 3.05) is 0 Å². The van der Waals surface area contributed by atoms with Crippen molar-refractivity contribution in [3.63, 3.8) is 0 Å². The van der Waals surface area contributed by atoms with Crippen LogP contribution in [0.5, 0.6) is 0 Å². The fraction of sp³-hybridized carbons (Fsp3) is 0.200. The molecule has 1 aromatic rings. The minimum atomic E-state index is 1.01. The zero-order valence-electron chi connectivity index (χ0n) is 6.38. The molecule has 0 saturated carbocycles. The Morgan fingerprint density at radius 3 is 2.82 bits per heavy atom. The maximum Gasteiger partial charge on any atom is 0.0163 e. The zero-order valence-corrected chi connectivity index (χ0v) is 6.38. The maximum absolute atomic E-state index is 5.84. The van der Waals surface area contributed by atoms with E-state index in [9.17, 15) is 0 Å². The van der Waals surface area contributed by atoms with Gasteiger partial charge in [-0.05, 0) is 18.1 Å². The minimum absolute atomic E-state index is 1.01. The molecule has 0 radical (unpaired) electrons. The lowest BCUT2D eigenvalue weighted by molar-refractivity contribution is 1.05. The van der Waals surface area contributed by atoms with Crippen LogP contribution in [-0.2, 0) is 0 Å². The van der Waals surface area contributed by atoms with E-state index in [4.69, 9.17) is 5.73 Å². The van der Waals surface area contributed by atoms with Gasteiger partial charge in [0.05, 0.1) is 0 Å². The summed E-state index contributed by atoms with van der Waals surface area (Å²) in [5.41, 5.74) is 6.87. The lowest BCUT2D eigenvalue weighted by Crippen LogP contribution is -2.31. The molecule has 1 nitrogen and oxygen atoms in total. The first-order valence-electron chi connectivity index (χ1n) is 3.92. The lowest BCUT2D eigenvalue weighted by atomic mass is 10.1. The van der Waals surface area contributed by atoms with Crippen molar-refractivity contribution >= 4 is 11.8 Å². The standard InChI is InChI=1S/C10H11N/c11-10-7-3-5-8-4-1-2-6-9(8)10/h1-2,4-6H,3,7,11H2. The summed E-state index contributed by atoms with van der Waals surface area (Å²) in [5.74, 6) is 0. The lowest BCUT2D eigenvalue weighted by Gasteiger charge is -2.04. The zero-order chi connectivity index (χ0) is 7.68. The molecule has 0 unspecified atom stereocenters. The van der Waals surface area contributed by atoms with Gasteiger partial charge in [0.1, 0.15) is 0 Å². The van der Waals surface area contributed by atoms with E-state index in [1.54, 1.807) is 0 Å². The molecule has 0 bridgehead atoms. The molecule has 11 heavy (non-hydrogen) atoms. The maximum atomic E-state index is 5.84. The third-order valence-corrected chi connectivity index (χ3v) is 2.08. The van der Waals surface area contributed by atoms with Gasteiger partial charge >= 0.3 is 0 Å². The van der Waals surface area contributed by atoms with Crippen LogP contribution in [0.15, 0.2) is 24.3 Å². The normalized spacial score (nSPS) is 15.5. The van der Waals surface area contributed by atoms with Crippen LogP contribution in [0.4, 0.5) is 0 Å². The molecule has 0 amide bonds. The summed E-state index contributed by atoms with van der Waals surface area (Å²) in [6, 6.07) is 8.28. The van der Waals surface area contributed by atoms with Crippen molar-refractivity contribution in [3.05, 3.63) is 34.7 Å². The van der Waals surface area contributed by atoms with Gasteiger partial charge in [0.15, 0.2) is 0 Å². The highest BCUT2D eigenvalue weighted by Crippen LogP contribution is 2.00. The van der Waals surface area contributed by atoms with Crippen LogP contribution >= 0.6 is 0 Å². The molecule has 0 spiro atoms. The van der Waals surface area contributed by atoms with Gasteiger partial charge in [0.25, 0.3) is 0 Å². The Morgan fingerprint density at radius 2 is 2.00 bits per heavy atom. The van der Waals surface area contributed by atoms with E-state index in [-0.39, 0.29) is 0 Å². The van der Waals surface area contributed by atoms with Crippen LogP contribution in [-0.4, -0.2) is 0 Å². The number of nitrogens with two attached hydrogens (primary N) is 1. The van der Waals surface area contributed by atoms with E-state index >= 15 is 0 Å². The van der Waals surface area contributed by atoms with Crippen LogP contribution in [0.1, 0.15) is 12.8 Å². The van der Waals surface area contributed by atoms with Gasteiger partial charge in [-0.15, -0.1) is 0 Å². The second-order valence-electron chi connectivity index (χ2n) is 2.86. The first-order valence-corrected chi connectivity index (χ1v) is 3.92. The van der Waals surface area contributed by atoms with Gasteiger partial charge in [-0.1, -0.05) is 30.3 Å². The Bertz CT molecular complexity index is 376. The van der Waals surface area contributed by atoms with Crippen LogP contribution < -0.4 is 16.2 Å². The molecular formula is C10H11N. The highest BCUT2D eigenvalue weighted by Gasteiger charge is 1.97. The van der Waals surface area contributed by atoms with Gasteiger partial charge in [0.2, 0.25) is 0 Å². The molecule has 1 aliphatic carbocycles. The van der Waals surface area contributed by atoms with E-state index in [2.05, 4.69) is 18.2 Å². The van der Waals surface area contributed by atoms with E-state index in [1.165, 1.54) is 10.4 Å². The Morgan fingerprint density at radius 1 is 1.18 bits per heavy atom. The smallest absolute Gasteiger partial charge is 0.0163 e. The van der Waals surface area contributed by atoms with Gasteiger partial charge < -0.3 is 5.73 Å². The van der Waals surface area contributed by atoms with Gasteiger partial charge in [-0.25, -0.2) is 0 Å². The summed E-state index contributed by atoms with van der Waals surface area (Å²) in [6.07, 6.45) is 4.34. The van der Waals surface area contributed by atoms with Crippen molar-refractivity contribution in [2.45, 2.75) is 12.8 Å². The van der Waals surface area contributed by atoms with Crippen molar-refractivity contribution in [2.24, 2.45) is 5.73 Å². The van der Waals surface area contributed by atoms with Gasteiger partial charge in [-0.3, -0.25) is 0 Å². The topological polar surface area (TPSA) is 26.0 Å². The first kappa shape index (κ1) is 6.47. The molecular weight excluding hydrogens is 134 g/mol. The van der Waals surface area contributed by atoms with E-state index in [1.807, 2.05) is 12.1 Å². The number of hydrogen-bond donors (Lipinski definition) is 1. The summed E-state index contributed by atoms with van der Waals surface area (Å²) in [5, 5.41) is 2.51. The van der Waals surface area contributed by atoms with E-state index < -0.39 is 0 Å². The second-order valence-corrected chi connectivity index (χ2v) is 2.86. The van der Waals surface area contributed by atoms with Crippen molar-refractivity contribution < 1.29 is 0 Å². The van der Waals surface area contributed by atoms with E-state index in [0.29, 0.717) is 0 Å². The predicted molar refractivity (Wildman–Crippen MR) is 47.0 cm³/mol. The molecule has 1 aromatic carbocycles. The molecule has 0 saturated heterocycles. The number of fused-ring (bicyclic) bond motifs is 1. The molecule has 0 fully saturated rings. The van der Waals surface area contributed by atoms with Crippen LogP contribution in [0.25, 0.3) is 11.8 Å². The Kier molecular flexibility index (Phi) is 1.42. The Labute approximate surface area is 65.8 Å². The molecule has 0 atom stereocenters. The average molecular weight is 145 g/mol. The van der Waals surface area contributed by atoms with Crippen molar-refractivity contribution in [1.29, 1.82) is 0 Å². The number of hydrogen-bond acceptors (Lipinski definition) is 1. The predicted octanol–water partition coefficient (Wildman–Crippen LogP) is 0.328. The largest absolute Gasteiger partial charge is 0.402 e. The summed E-state index contributed by atoms with van der Waals surface area (Å²) in [7, 11) is 0.